The number of pyridine rings is 1. The van der Waals surface area contributed by atoms with Gasteiger partial charge in [0, 0.05) is 49.2 Å². The number of fused-ring (bicyclic) bond motifs is 1. The third-order valence-electron chi connectivity index (χ3n) is 6.58. The van der Waals surface area contributed by atoms with E-state index in [1.54, 1.807) is 0 Å². The fourth-order valence-electron chi connectivity index (χ4n) is 4.58. The number of hydrogen-bond donors (Lipinski definition) is 0. The number of hydrogen-bond acceptors (Lipinski definition) is 4. The van der Waals surface area contributed by atoms with Crippen molar-refractivity contribution in [3.8, 4) is 0 Å². The Bertz CT molecular complexity index is 1070. The van der Waals surface area contributed by atoms with Crippen LogP contribution in [0, 0.1) is 0 Å². The van der Waals surface area contributed by atoms with Crippen molar-refractivity contribution < 1.29 is 9.53 Å². The molecule has 0 radical (unpaired) electrons. The number of benzene rings is 2. The molecule has 1 saturated carbocycles. The van der Waals surface area contributed by atoms with Crippen molar-refractivity contribution in [1.82, 2.24) is 14.8 Å². The molecule has 5 nitrogen and oxygen atoms in total. The lowest BCUT2D eigenvalue weighted by atomic mass is 10.0. The van der Waals surface area contributed by atoms with E-state index >= 15 is 0 Å². The molecule has 1 saturated heterocycles. The molecule has 1 amide bonds. The second kappa shape index (κ2) is 9.39. The second-order valence-corrected chi connectivity index (χ2v) is 9.07. The average Bonchev–Trinajstić information content (AvgIpc) is 3.68. The van der Waals surface area contributed by atoms with Gasteiger partial charge >= 0.3 is 0 Å². The molecule has 32 heavy (non-hydrogen) atoms. The summed E-state index contributed by atoms with van der Waals surface area (Å²) < 4.78 is 5.51. The molecule has 2 fully saturated rings. The van der Waals surface area contributed by atoms with E-state index in [2.05, 4.69) is 30.0 Å². The molecule has 2 aliphatic rings. The highest BCUT2D eigenvalue weighted by Crippen LogP contribution is 2.40. The van der Waals surface area contributed by atoms with Crippen LogP contribution in [0.1, 0.15) is 47.3 Å². The van der Waals surface area contributed by atoms with Crippen molar-refractivity contribution in [2.45, 2.75) is 38.3 Å². The van der Waals surface area contributed by atoms with E-state index < -0.39 is 0 Å². The van der Waals surface area contributed by atoms with Crippen LogP contribution in [0.2, 0.25) is 0 Å². The van der Waals surface area contributed by atoms with Crippen LogP contribution < -0.4 is 0 Å². The summed E-state index contributed by atoms with van der Waals surface area (Å²) in [7, 11) is 0. The molecule has 166 valence electrons. The number of aromatic nitrogens is 1. The first-order valence-corrected chi connectivity index (χ1v) is 11.7. The highest BCUT2D eigenvalue weighted by atomic mass is 16.5. The van der Waals surface area contributed by atoms with Crippen molar-refractivity contribution in [1.29, 1.82) is 0 Å². The summed E-state index contributed by atoms with van der Waals surface area (Å²) in [5, 5.41) is 0.943. The zero-order chi connectivity index (χ0) is 21.9. The van der Waals surface area contributed by atoms with Gasteiger partial charge in [-0.05, 0) is 37.5 Å². The summed E-state index contributed by atoms with van der Waals surface area (Å²) in [5.74, 6) is 0.592. The maximum absolute atomic E-state index is 14.1. The predicted molar refractivity (Wildman–Crippen MR) is 127 cm³/mol. The molecule has 3 aromatic rings. The van der Waals surface area contributed by atoms with Crippen molar-refractivity contribution >= 4 is 16.8 Å². The molecule has 5 heteroatoms. The standard InChI is InChI=1S/C27H31N3O2/c1-20(18-29-13-15-32-16-14-29)30(19-21-7-3-2-4-8-21)27(31)24-17-26(22-11-12-22)28-25-10-6-5-9-23(24)25/h2-10,17,20,22H,11-16,18-19H2,1H3. The van der Waals surface area contributed by atoms with Crippen molar-refractivity contribution in [2.75, 3.05) is 32.8 Å². The van der Waals surface area contributed by atoms with Crippen LogP contribution in [-0.2, 0) is 11.3 Å². The Morgan fingerprint density at radius 1 is 1.09 bits per heavy atom. The number of ether oxygens (including phenoxy) is 1. The fourth-order valence-corrected chi connectivity index (χ4v) is 4.58. The number of amides is 1. The third kappa shape index (κ3) is 4.69. The van der Waals surface area contributed by atoms with Gasteiger partial charge in [-0.25, -0.2) is 0 Å². The molecule has 0 N–H and O–H groups in total. The number of para-hydroxylation sites is 1. The van der Waals surface area contributed by atoms with E-state index in [0.29, 0.717) is 12.5 Å². The molecule has 0 spiro atoms. The van der Waals surface area contributed by atoms with E-state index in [9.17, 15) is 4.79 Å². The van der Waals surface area contributed by atoms with Gasteiger partial charge in [-0.2, -0.15) is 0 Å². The van der Waals surface area contributed by atoms with Gasteiger partial charge in [-0.1, -0.05) is 48.5 Å². The highest BCUT2D eigenvalue weighted by molar-refractivity contribution is 6.06. The van der Waals surface area contributed by atoms with Crippen LogP contribution in [0.15, 0.2) is 60.7 Å². The number of carbonyl (C=O) groups excluding carboxylic acids is 1. The van der Waals surface area contributed by atoms with Gasteiger partial charge in [-0.3, -0.25) is 14.7 Å². The van der Waals surface area contributed by atoms with Crippen molar-refractivity contribution in [3.63, 3.8) is 0 Å². The van der Waals surface area contributed by atoms with Crippen molar-refractivity contribution in [2.24, 2.45) is 0 Å². The zero-order valence-electron chi connectivity index (χ0n) is 18.7. The molecule has 1 aliphatic carbocycles. The fraction of sp³-hybridized carbons (Fsp3) is 0.407. The monoisotopic (exact) mass is 429 g/mol. The molecular weight excluding hydrogens is 398 g/mol. The van der Waals surface area contributed by atoms with E-state index in [1.165, 1.54) is 12.8 Å². The molecule has 1 aliphatic heterocycles. The third-order valence-corrected chi connectivity index (χ3v) is 6.58. The van der Waals surface area contributed by atoms with Crippen molar-refractivity contribution in [3.05, 3.63) is 77.5 Å². The Kier molecular flexibility index (Phi) is 6.19. The van der Waals surface area contributed by atoms with Crippen LogP contribution in [0.4, 0.5) is 0 Å². The molecular formula is C27H31N3O2. The Morgan fingerprint density at radius 3 is 2.56 bits per heavy atom. The van der Waals surface area contributed by atoms with Gasteiger partial charge in [0.25, 0.3) is 5.91 Å². The zero-order valence-corrected chi connectivity index (χ0v) is 18.7. The molecule has 2 aromatic carbocycles. The van der Waals surface area contributed by atoms with Gasteiger partial charge in [0.2, 0.25) is 0 Å². The van der Waals surface area contributed by atoms with Gasteiger partial charge < -0.3 is 9.64 Å². The highest BCUT2D eigenvalue weighted by Gasteiger charge is 2.30. The lowest BCUT2D eigenvalue weighted by Crippen LogP contribution is -2.48. The second-order valence-electron chi connectivity index (χ2n) is 9.07. The number of carbonyl (C=O) groups is 1. The SMILES string of the molecule is CC(CN1CCOCC1)N(Cc1ccccc1)C(=O)c1cc(C2CC2)nc2ccccc12. The summed E-state index contributed by atoms with van der Waals surface area (Å²) in [5.41, 5.74) is 3.91. The molecule has 1 atom stereocenters. The Morgan fingerprint density at radius 2 is 1.81 bits per heavy atom. The summed E-state index contributed by atoms with van der Waals surface area (Å²) >= 11 is 0. The molecule has 0 bridgehead atoms. The lowest BCUT2D eigenvalue weighted by Gasteiger charge is -2.35. The minimum absolute atomic E-state index is 0.0807. The van der Waals surface area contributed by atoms with E-state index in [1.807, 2.05) is 47.4 Å². The van der Waals surface area contributed by atoms with Gasteiger partial charge in [-0.15, -0.1) is 0 Å². The Balaban J connectivity index is 1.49. The van der Waals surface area contributed by atoms with Gasteiger partial charge in [0.1, 0.15) is 0 Å². The van der Waals surface area contributed by atoms with Crippen LogP contribution in [0.25, 0.3) is 10.9 Å². The maximum Gasteiger partial charge on any atom is 0.255 e. The first-order chi connectivity index (χ1) is 15.7. The summed E-state index contributed by atoms with van der Waals surface area (Å²) in [6, 6.07) is 20.5. The van der Waals surface area contributed by atoms with Crippen LogP contribution in [0.5, 0.6) is 0 Å². The van der Waals surface area contributed by atoms with E-state index in [4.69, 9.17) is 9.72 Å². The quantitative estimate of drug-likeness (QED) is 0.556. The minimum atomic E-state index is 0.0807. The maximum atomic E-state index is 14.1. The van der Waals surface area contributed by atoms with E-state index in [-0.39, 0.29) is 11.9 Å². The molecule has 1 unspecified atom stereocenters. The predicted octanol–water partition coefficient (Wildman–Crippen LogP) is 4.48. The molecule has 2 heterocycles. The van der Waals surface area contributed by atoms with Crippen LogP contribution in [-0.4, -0.2) is 59.6 Å². The van der Waals surface area contributed by atoms with E-state index in [0.717, 1.165) is 60.6 Å². The Hall–Kier alpha value is -2.76. The average molecular weight is 430 g/mol. The van der Waals surface area contributed by atoms with Gasteiger partial charge in [0.15, 0.2) is 0 Å². The number of rotatable bonds is 7. The normalized spacial score (nSPS) is 17.9. The summed E-state index contributed by atoms with van der Waals surface area (Å²) in [6.45, 7) is 6.98. The Labute approximate surface area is 190 Å². The lowest BCUT2D eigenvalue weighted by molar-refractivity contribution is 0.0229. The van der Waals surface area contributed by atoms with Crippen LogP contribution in [0.3, 0.4) is 0 Å². The number of nitrogens with zero attached hydrogens (tertiary/aromatic N) is 3. The molecule has 5 rings (SSSR count). The first-order valence-electron chi connectivity index (χ1n) is 11.7. The smallest absolute Gasteiger partial charge is 0.255 e. The molecule has 1 aromatic heterocycles. The minimum Gasteiger partial charge on any atom is -0.379 e. The number of morpholine rings is 1. The van der Waals surface area contributed by atoms with Gasteiger partial charge in [0.05, 0.1) is 24.3 Å². The topological polar surface area (TPSA) is 45.7 Å². The summed E-state index contributed by atoms with van der Waals surface area (Å²) in [6.07, 6.45) is 2.33. The largest absolute Gasteiger partial charge is 0.379 e. The summed E-state index contributed by atoms with van der Waals surface area (Å²) in [4.78, 5) is 23.4. The first kappa shape index (κ1) is 21.1. The van der Waals surface area contributed by atoms with Crippen LogP contribution >= 0.6 is 0 Å².